The third-order valence-corrected chi connectivity index (χ3v) is 4.92. The molecule has 1 aromatic heterocycles. The summed E-state index contributed by atoms with van der Waals surface area (Å²) in [5.74, 6) is 0.0779. The number of amides is 1. The summed E-state index contributed by atoms with van der Waals surface area (Å²) >= 11 is 5.18. The van der Waals surface area contributed by atoms with Crippen molar-refractivity contribution in [1.29, 1.82) is 0 Å². The number of hydrogen-bond acceptors (Lipinski definition) is 2. The smallest absolute Gasteiger partial charge is 0.254 e. The van der Waals surface area contributed by atoms with Gasteiger partial charge in [-0.2, -0.15) is 0 Å². The fraction of sp³-hybridized carbons (Fsp3) is 0.312. The van der Waals surface area contributed by atoms with Crippen LogP contribution < -0.4 is 0 Å². The zero-order chi connectivity index (χ0) is 14.7. The monoisotopic (exact) mass is 351 g/mol. The quantitative estimate of drug-likeness (QED) is 0.769. The van der Waals surface area contributed by atoms with Crippen LogP contribution in [0.15, 0.2) is 40.2 Å². The number of benzene rings is 1. The summed E-state index contributed by atoms with van der Waals surface area (Å²) in [6, 6.07) is 10.0. The highest BCUT2D eigenvalue weighted by molar-refractivity contribution is 9.10. The molecule has 0 spiro atoms. The molecule has 0 atom stereocenters. The van der Waals surface area contributed by atoms with Crippen molar-refractivity contribution in [3.8, 4) is 0 Å². The second kappa shape index (κ2) is 6.55. The lowest BCUT2D eigenvalue weighted by molar-refractivity contribution is 0.0692. The molecule has 2 nitrogen and oxygen atoms in total. The molecule has 0 aliphatic heterocycles. The van der Waals surface area contributed by atoms with E-state index in [-0.39, 0.29) is 11.9 Å². The Morgan fingerprint density at radius 3 is 2.65 bits per heavy atom. The molecular weight excluding hydrogens is 334 g/mol. The number of aryl methyl sites for hydroxylation is 1. The van der Waals surface area contributed by atoms with E-state index in [1.165, 1.54) is 4.88 Å². The van der Waals surface area contributed by atoms with E-state index in [0.29, 0.717) is 6.54 Å². The van der Waals surface area contributed by atoms with Crippen molar-refractivity contribution in [2.45, 2.75) is 33.4 Å². The molecule has 0 unspecified atom stereocenters. The van der Waals surface area contributed by atoms with Crippen molar-refractivity contribution in [2.75, 3.05) is 0 Å². The minimum Gasteiger partial charge on any atom is -0.331 e. The molecule has 0 saturated carbocycles. The van der Waals surface area contributed by atoms with Gasteiger partial charge in [-0.15, -0.1) is 11.3 Å². The average molecular weight is 352 g/mol. The zero-order valence-corrected chi connectivity index (χ0v) is 14.3. The lowest BCUT2D eigenvalue weighted by Gasteiger charge is -2.26. The third kappa shape index (κ3) is 3.49. The Balaban J connectivity index is 2.24. The molecule has 0 N–H and O–H groups in total. The van der Waals surface area contributed by atoms with Gasteiger partial charge in [-0.25, -0.2) is 0 Å². The minimum absolute atomic E-state index is 0.0779. The van der Waals surface area contributed by atoms with Crippen LogP contribution >= 0.6 is 27.3 Å². The summed E-state index contributed by atoms with van der Waals surface area (Å²) in [6.07, 6.45) is 0. The molecule has 1 amide bonds. The normalized spacial score (nSPS) is 10.8. The molecule has 1 aromatic carbocycles. The molecule has 1 heterocycles. The molecule has 106 valence electrons. The van der Waals surface area contributed by atoms with Crippen LogP contribution in [0.25, 0.3) is 0 Å². The van der Waals surface area contributed by atoms with E-state index in [0.717, 1.165) is 15.6 Å². The highest BCUT2D eigenvalue weighted by Crippen LogP contribution is 2.21. The Hall–Kier alpha value is -1.13. The lowest BCUT2D eigenvalue weighted by atomic mass is 10.1. The average Bonchev–Trinajstić information content (AvgIpc) is 2.91. The van der Waals surface area contributed by atoms with Crippen molar-refractivity contribution >= 4 is 33.2 Å². The van der Waals surface area contributed by atoms with E-state index in [1.807, 2.05) is 41.5 Å². The van der Waals surface area contributed by atoms with Gasteiger partial charge in [0.1, 0.15) is 0 Å². The Kier molecular flexibility index (Phi) is 5.00. The molecule has 0 radical (unpaired) electrons. The molecule has 20 heavy (non-hydrogen) atoms. The molecule has 0 aliphatic rings. The standard InChI is InChI=1S/C16H18BrNOS/c1-11(2)18(10-14-5-4-8-20-14)16(19)13-7-6-12(3)15(17)9-13/h4-9,11H,10H2,1-3H3. The molecule has 0 fully saturated rings. The maximum Gasteiger partial charge on any atom is 0.254 e. The van der Waals surface area contributed by atoms with E-state index in [1.54, 1.807) is 11.3 Å². The SMILES string of the molecule is Cc1ccc(C(=O)N(Cc2cccs2)C(C)C)cc1Br. The van der Waals surface area contributed by atoms with E-state index in [4.69, 9.17) is 0 Å². The summed E-state index contributed by atoms with van der Waals surface area (Å²) in [5, 5.41) is 2.04. The first-order valence-electron chi connectivity index (χ1n) is 6.58. The largest absolute Gasteiger partial charge is 0.331 e. The number of hydrogen-bond donors (Lipinski definition) is 0. The van der Waals surface area contributed by atoms with Crippen molar-refractivity contribution < 1.29 is 4.79 Å². The van der Waals surface area contributed by atoms with E-state index < -0.39 is 0 Å². The van der Waals surface area contributed by atoms with Gasteiger partial charge >= 0.3 is 0 Å². The van der Waals surface area contributed by atoms with Crippen LogP contribution in [0.4, 0.5) is 0 Å². The number of carbonyl (C=O) groups excluding carboxylic acids is 1. The Morgan fingerprint density at radius 2 is 2.10 bits per heavy atom. The van der Waals surface area contributed by atoms with Crippen LogP contribution in [0.3, 0.4) is 0 Å². The lowest BCUT2D eigenvalue weighted by Crippen LogP contribution is -2.36. The van der Waals surface area contributed by atoms with Gasteiger partial charge in [0.05, 0.1) is 6.54 Å². The second-order valence-corrected chi connectivity index (χ2v) is 6.96. The maximum absolute atomic E-state index is 12.7. The number of rotatable bonds is 4. The molecule has 0 saturated heterocycles. The van der Waals surface area contributed by atoms with Gasteiger partial charge in [-0.05, 0) is 49.9 Å². The fourth-order valence-electron chi connectivity index (χ4n) is 1.95. The number of nitrogens with zero attached hydrogens (tertiary/aromatic N) is 1. The highest BCUT2D eigenvalue weighted by Gasteiger charge is 2.19. The number of halogens is 1. The second-order valence-electron chi connectivity index (χ2n) is 5.07. The van der Waals surface area contributed by atoms with Crippen LogP contribution in [0.5, 0.6) is 0 Å². The predicted molar refractivity (Wildman–Crippen MR) is 88.2 cm³/mol. The summed E-state index contributed by atoms with van der Waals surface area (Å²) in [6.45, 7) is 6.79. The number of carbonyl (C=O) groups is 1. The van der Waals surface area contributed by atoms with Gasteiger partial charge in [-0.1, -0.05) is 28.1 Å². The van der Waals surface area contributed by atoms with Crippen molar-refractivity contribution in [3.63, 3.8) is 0 Å². The van der Waals surface area contributed by atoms with E-state index in [9.17, 15) is 4.79 Å². The Labute approximate surface area is 132 Å². The van der Waals surface area contributed by atoms with Crippen LogP contribution in [-0.4, -0.2) is 16.8 Å². The third-order valence-electron chi connectivity index (χ3n) is 3.21. The Morgan fingerprint density at radius 1 is 1.35 bits per heavy atom. The van der Waals surface area contributed by atoms with Gasteiger partial charge in [-0.3, -0.25) is 4.79 Å². The molecule has 2 aromatic rings. The summed E-state index contributed by atoms with van der Waals surface area (Å²) < 4.78 is 0.975. The minimum atomic E-state index is 0.0779. The first-order valence-corrected chi connectivity index (χ1v) is 8.26. The van der Waals surface area contributed by atoms with E-state index in [2.05, 4.69) is 35.8 Å². The molecule has 2 rings (SSSR count). The van der Waals surface area contributed by atoms with Crippen molar-refractivity contribution in [1.82, 2.24) is 4.90 Å². The molecule has 4 heteroatoms. The highest BCUT2D eigenvalue weighted by atomic mass is 79.9. The summed E-state index contributed by atoms with van der Waals surface area (Å²) in [7, 11) is 0. The van der Waals surface area contributed by atoms with Crippen LogP contribution in [0.1, 0.15) is 34.6 Å². The Bertz CT molecular complexity index is 593. The summed E-state index contributed by atoms with van der Waals surface area (Å²) in [5.41, 5.74) is 1.86. The summed E-state index contributed by atoms with van der Waals surface area (Å²) in [4.78, 5) is 15.8. The van der Waals surface area contributed by atoms with Gasteiger partial charge in [0.15, 0.2) is 0 Å². The molecule has 0 bridgehead atoms. The van der Waals surface area contributed by atoms with Gasteiger partial charge in [0, 0.05) is 21.0 Å². The zero-order valence-electron chi connectivity index (χ0n) is 11.9. The first-order chi connectivity index (χ1) is 9.49. The molecule has 0 aliphatic carbocycles. The maximum atomic E-state index is 12.7. The van der Waals surface area contributed by atoms with Gasteiger partial charge < -0.3 is 4.90 Å². The fourth-order valence-corrected chi connectivity index (χ4v) is 3.03. The van der Waals surface area contributed by atoms with Crippen LogP contribution in [0, 0.1) is 6.92 Å². The van der Waals surface area contributed by atoms with E-state index >= 15 is 0 Å². The van der Waals surface area contributed by atoms with Crippen LogP contribution in [0.2, 0.25) is 0 Å². The van der Waals surface area contributed by atoms with Crippen molar-refractivity contribution in [3.05, 3.63) is 56.2 Å². The predicted octanol–water partition coefficient (Wildman–Crippen LogP) is 4.87. The van der Waals surface area contributed by atoms with Crippen molar-refractivity contribution in [2.24, 2.45) is 0 Å². The van der Waals surface area contributed by atoms with Gasteiger partial charge in [0.25, 0.3) is 5.91 Å². The topological polar surface area (TPSA) is 20.3 Å². The molecular formula is C16H18BrNOS. The number of thiophene rings is 1. The first kappa shape index (κ1) is 15.3. The van der Waals surface area contributed by atoms with Crippen LogP contribution in [-0.2, 0) is 6.54 Å². The van der Waals surface area contributed by atoms with Gasteiger partial charge in [0.2, 0.25) is 0 Å².